The van der Waals surface area contributed by atoms with Gasteiger partial charge in [-0.15, -0.1) is 0 Å². The summed E-state index contributed by atoms with van der Waals surface area (Å²) in [6.07, 6.45) is 0.210. The molecule has 0 fully saturated rings. The highest BCUT2D eigenvalue weighted by molar-refractivity contribution is 5.92. The fraction of sp³-hybridized carbons (Fsp3) is 0.400. The molecule has 8 heteroatoms. The Balaban J connectivity index is 2.84. The highest BCUT2D eigenvalue weighted by Crippen LogP contribution is 2.04. The van der Waals surface area contributed by atoms with E-state index in [-0.39, 0.29) is 6.42 Å². The maximum Gasteiger partial charge on any atom is 0.243 e. The molecule has 7 N–H and O–H groups in total. The fourth-order valence-electron chi connectivity index (χ4n) is 1.81. The second-order valence-electron chi connectivity index (χ2n) is 5.17. The van der Waals surface area contributed by atoms with Crippen molar-refractivity contribution in [1.82, 2.24) is 10.6 Å². The van der Waals surface area contributed by atoms with Crippen LogP contribution in [-0.2, 0) is 20.8 Å². The molecule has 0 aliphatic rings. The molecular formula is C15H22N4O4. The highest BCUT2D eigenvalue weighted by atomic mass is 16.3. The second kappa shape index (κ2) is 8.86. The topological polar surface area (TPSA) is 148 Å². The normalized spacial score (nSPS) is 14.4. The van der Waals surface area contributed by atoms with Crippen LogP contribution in [0, 0.1) is 0 Å². The van der Waals surface area contributed by atoms with Crippen LogP contribution in [0.3, 0.4) is 0 Å². The summed E-state index contributed by atoms with van der Waals surface area (Å²) in [5.74, 6) is -1.90. The zero-order valence-electron chi connectivity index (χ0n) is 12.9. The van der Waals surface area contributed by atoms with Crippen molar-refractivity contribution < 1.29 is 19.5 Å². The second-order valence-corrected chi connectivity index (χ2v) is 5.17. The van der Waals surface area contributed by atoms with Crippen molar-refractivity contribution in [3.05, 3.63) is 35.9 Å². The summed E-state index contributed by atoms with van der Waals surface area (Å²) in [5.41, 5.74) is 11.4. The molecule has 1 aromatic carbocycles. The molecule has 0 saturated carbocycles. The first-order chi connectivity index (χ1) is 10.8. The number of rotatable bonds is 8. The molecule has 0 aliphatic carbocycles. The maximum absolute atomic E-state index is 12.3. The van der Waals surface area contributed by atoms with Crippen molar-refractivity contribution in [2.75, 3.05) is 6.61 Å². The van der Waals surface area contributed by atoms with Gasteiger partial charge in [0.2, 0.25) is 17.7 Å². The third-order valence-electron chi connectivity index (χ3n) is 3.23. The van der Waals surface area contributed by atoms with E-state index in [0.29, 0.717) is 0 Å². The number of nitrogens with two attached hydrogens (primary N) is 2. The van der Waals surface area contributed by atoms with Crippen LogP contribution in [0.1, 0.15) is 12.5 Å². The molecule has 8 nitrogen and oxygen atoms in total. The van der Waals surface area contributed by atoms with Gasteiger partial charge in [-0.2, -0.15) is 0 Å². The number of carbonyl (C=O) groups excluding carboxylic acids is 3. The van der Waals surface area contributed by atoms with Gasteiger partial charge < -0.3 is 27.2 Å². The summed E-state index contributed by atoms with van der Waals surface area (Å²) in [6.45, 7) is 0.907. The third-order valence-corrected chi connectivity index (χ3v) is 3.23. The molecule has 3 amide bonds. The minimum Gasteiger partial charge on any atom is -0.394 e. The molecule has 0 bridgehead atoms. The molecule has 0 radical (unpaired) electrons. The summed E-state index contributed by atoms with van der Waals surface area (Å²) in [7, 11) is 0. The number of hydrogen-bond acceptors (Lipinski definition) is 5. The quantitative estimate of drug-likeness (QED) is 0.376. The number of primary amides is 1. The van der Waals surface area contributed by atoms with Crippen LogP contribution in [0.5, 0.6) is 0 Å². The SMILES string of the molecule is C[C@H](NC(=O)[C@H](Cc1ccccc1)NC(=O)C(N)CO)C(N)=O. The Morgan fingerprint density at radius 3 is 2.26 bits per heavy atom. The van der Waals surface area contributed by atoms with Gasteiger partial charge in [0.15, 0.2) is 0 Å². The zero-order chi connectivity index (χ0) is 17.4. The van der Waals surface area contributed by atoms with Crippen LogP contribution in [-0.4, -0.2) is 47.6 Å². The summed E-state index contributed by atoms with van der Waals surface area (Å²) >= 11 is 0. The van der Waals surface area contributed by atoms with Crippen LogP contribution in [0.4, 0.5) is 0 Å². The van der Waals surface area contributed by atoms with Gasteiger partial charge in [0.1, 0.15) is 18.1 Å². The number of hydrogen-bond donors (Lipinski definition) is 5. The van der Waals surface area contributed by atoms with Gasteiger partial charge in [0.25, 0.3) is 0 Å². The molecule has 1 rings (SSSR count). The number of nitrogens with one attached hydrogen (secondary N) is 2. The molecule has 126 valence electrons. The van der Waals surface area contributed by atoms with Crippen molar-refractivity contribution >= 4 is 17.7 Å². The number of aliphatic hydroxyl groups is 1. The van der Waals surface area contributed by atoms with Gasteiger partial charge in [0.05, 0.1) is 6.61 Å². The van der Waals surface area contributed by atoms with Crippen LogP contribution in [0.2, 0.25) is 0 Å². The Kier molecular flexibility index (Phi) is 7.17. The summed E-state index contributed by atoms with van der Waals surface area (Å²) in [5, 5.41) is 13.8. The molecule has 0 heterocycles. The molecular weight excluding hydrogens is 300 g/mol. The van der Waals surface area contributed by atoms with Crippen LogP contribution >= 0.6 is 0 Å². The van der Waals surface area contributed by atoms with Gasteiger partial charge in [-0.05, 0) is 12.5 Å². The Hall–Kier alpha value is -2.45. The molecule has 0 aromatic heterocycles. The molecule has 1 unspecified atom stereocenters. The van der Waals surface area contributed by atoms with E-state index in [9.17, 15) is 14.4 Å². The lowest BCUT2D eigenvalue weighted by Crippen LogP contribution is -2.55. The lowest BCUT2D eigenvalue weighted by atomic mass is 10.0. The van der Waals surface area contributed by atoms with Crippen LogP contribution < -0.4 is 22.1 Å². The Morgan fingerprint density at radius 1 is 1.13 bits per heavy atom. The van der Waals surface area contributed by atoms with Gasteiger partial charge in [-0.3, -0.25) is 14.4 Å². The van der Waals surface area contributed by atoms with Gasteiger partial charge in [-0.25, -0.2) is 0 Å². The molecule has 3 atom stereocenters. The number of aliphatic hydroxyl groups excluding tert-OH is 1. The minimum absolute atomic E-state index is 0.210. The molecule has 23 heavy (non-hydrogen) atoms. The van der Waals surface area contributed by atoms with E-state index in [1.807, 2.05) is 6.07 Å². The largest absolute Gasteiger partial charge is 0.394 e. The first kappa shape index (κ1) is 18.6. The molecule has 1 aromatic rings. The first-order valence-electron chi connectivity index (χ1n) is 7.15. The van der Waals surface area contributed by atoms with Crippen molar-refractivity contribution in [2.45, 2.75) is 31.5 Å². The van der Waals surface area contributed by atoms with Crippen LogP contribution in [0.25, 0.3) is 0 Å². The van der Waals surface area contributed by atoms with Gasteiger partial charge in [-0.1, -0.05) is 30.3 Å². The number of benzene rings is 1. The number of carbonyl (C=O) groups is 3. The van der Waals surface area contributed by atoms with E-state index in [1.54, 1.807) is 24.3 Å². The van der Waals surface area contributed by atoms with Crippen molar-refractivity contribution in [2.24, 2.45) is 11.5 Å². The maximum atomic E-state index is 12.3. The predicted octanol–water partition coefficient (Wildman–Crippen LogP) is -1.98. The molecule has 0 saturated heterocycles. The van der Waals surface area contributed by atoms with E-state index in [1.165, 1.54) is 6.92 Å². The monoisotopic (exact) mass is 322 g/mol. The third kappa shape index (κ3) is 6.05. The summed E-state index contributed by atoms with van der Waals surface area (Å²) in [6, 6.07) is 6.10. The van der Waals surface area contributed by atoms with E-state index in [4.69, 9.17) is 16.6 Å². The summed E-state index contributed by atoms with van der Waals surface area (Å²) < 4.78 is 0. The first-order valence-corrected chi connectivity index (χ1v) is 7.15. The van der Waals surface area contributed by atoms with E-state index < -0.39 is 42.5 Å². The Bertz CT molecular complexity index is 550. The van der Waals surface area contributed by atoms with Crippen molar-refractivity contribution in [3.8, 4) is 0 Å². The lowest BCUT2D eigenvalue weighted by molar-refractivity contribution is -0.131. The fourth-order valence-corrected chi connectivity index (χ4v) is 1.81. The molecule has 0 aliphatic heterocycles. The summed E-state index contributed by atoms with van der Waals surface area (Å²) in [4.78, 5) is 35.2. The number of amides is 3. The van der Waals surface area contributed by atoms with Crippen molar-refractivity contribution in [1.29, 1.82) is 0 Å². The minimum atomic E-state index is -1.13. The highest BCUT2D eigenvalue weighted by Gasteiger charge is 2.25. The Morgan fingerprint density at radius 2 is 1.74 bits per heavy atom. The zero-order valence-corrected chi connectivity index (χ0v) is 12.9. The Labute approximate surface area is 134 Å². The standard InChI is InChI=1S/C15H22N4O4/c1-9(13(17)21)18-15(23)12(19-14(22)11(16)8-20)7-10-5-3-2-4-6-10/h2-6,9,11-12,20H,7-8,16H2,1H3,(H2,17,21)(H,18,23)(H,19,22)/t9-,11?,12-/m0/s1. The average Bonchev–Trinajstić information content (AvgIpc) is 2.53. The van der Waals surface area contributed by atoms with E-state index >= 15 is 0 Å². The smallest absolute Gasteiger partial charge is 0.243 e. The van der Waals surface area contributed by atoms with E-state index in [2.05, 4.69) is 10.6 Å². The van der Waals surface area contributed by atoms with E-state index in [0.717, 1.165) is 5.56 Å². The van der Waals surface area contributed by atoms with Crippen LogP contribution in [0.15, 0.2) is 30.3 Å². The molecule has 0 spiro atoms. The average molecular weight is 322 g/mol. The van der Waals surface area contributed by atoms with Gasteiger partial charge >= 0.3 is 0 Å². The van der Waals surface area contributed by atoms with Crippen molar-refractivity contribution in [3.63, 3.8) is 0 Å². The lowest BCUT2D eigenvalue weighted by Gasteiger charge is -2.21. The van der Waals surface area contributed by atoms with Gasteiger partial charge in [0, 0.05) is 6.42 Å². The predicted molar refractivity (Wildman–Crippen MR) is 83.9 cm³/mol.